The number of nitrogens with one attached hydrogen (secondary N) is 1. The van der Waals surface area contributed by atoms with Crippen molar-refractivity contribution in [3.05, 3.63) is 46.5 Å². The van der Waals surface area contributed by atoms with Crippen molar-refractivity contribution in [2.45, 2.75) is 6.92 Å². The van der Waals surface area contributed by atoms with E-state index in [9.17, 15) is 9.59 Å². The lowest BCUT2D eigenvalue weighted by atomic mass is 10.1. The smallest absolute Gasteiger partial charge is 0.342 e. The average Bonchev–Trinajstić information content (AvgIpc) is 2.66. The first-order valence-corrected chi connectivity index (χ1v) is 8.31. The van der Waals surface area contributed by atoms with E-state index in [2.05, 4.69) is 5.32 Å². The minimum absolute atomic E-state index is 0.108. The molecule has 0 aliphatic heterocycles. The lowest BCUT2D eigenvalue weighted by Gasteiger charge is -2.15. The van der Waals surface area contributed by atoms with E-state index >= 15 is 0 Å². The van der Waals surface area contributed by atoms with Crippen LogP contribution >= 0.6 is 11.6 Å². The second-order valence-electron chi connectivity index (χ2n) is 5.49. The van der Waals surface area contributed by atoms with Crippen LogP contribution < -0.4 is 19.5 Å². The van der Waals surface area contributed by atoms with Gasteiger partial charge in [-0.1, -0.05) is 17.7 Å². The molecule has 0 unspecified atom stereocenters. The third-order valence-corrected chi connectivity index (χ3v) is 3.97. The molecule has 0 bridgehead atoms. The Morgan fingerprint density at radius 2 is 1.70 bits per heavy atom. The number of ether oxygens (including phenoxy) is 4. The number of esters is 1. The van der Waals surface area contributed by atoms with Crippen LogP contribution in [0.4, 0.5) is 5.69 Å². The first-order valence-electron chi connectivity index (χ1n) is 7.93. The predicted molar refractivity (Wildman–Crippen MR) is 101 cm³/mol. The van der Waals surface area contributed by atoms with Gasteiger partial charge in [0.15, 0.2) is 18.1 Å². The summed E-state index contributed by atoms with van der Waals surface area (Å²) in [6.07, 6.45) is 0. The second-order valence-corrected chi connectivity index (χ2v) is 5.90. The lowest BCUT2D eigenvalue weighted by Crippen LogP contribution is -2.21. The highest BCUT2D eigenvalue weighted by molar-refractivity contribution is 6.33. The average molecular weight is 394 g/mol. The van der Waals surface area contributed by atoms with Gasteiger partial charge in [-0.3, -0.25) is 4.79 Å². The maximum absolute atomic E-state index is 12.4. The predicted octanol–water partition coefficient (Wildman–Crippen LogP) is 3.47. The molecule has 0 atom stereocenters. The van der Waals surface area contributed by atoms with Crippen molar-refractivity contribution in [1.82, 2.24) is 0 Å². The van der Waals surface area contributed by atoms with Crippen LogP contribution in [0.1, 0.15) is 15.9 Å². The Morgan fingerprint density at radius 3 is 2.30 bits per heavy atom. The van der Waals surface area contributed by atoms with Gasteiger partial charge < -0.3 is 24.3 Å². The molecule has 0 heterocycles. The molecule has 1 N–H and O–H groups in total. The third-order valence-electron chi connectivity index (χ3n) is 3.66. The number of carbonyl (C=O) groups excluding carboxylic acids is 2. The zero-order valence-corrected chi connectivity index (χ0v) is 16.2. The van der Waals surface area contributed by atoms with Gasteiger partial charge in [0.25, 0.3) is 5.91 Å². The normalized spacial score (nSPS) is 10.1. The molecule has 2 rings (SSSR count). The first kappa shape index (κ1) is 20.4. The molecule has 2 aromatic carbocycles. The number of halogens is 1. The van der Waals surface area contributed by atoms with Crippen molar-refractivity contribution >= 4 is 29.2 Å². The largest absolute Gasteiger partial charge is 0.493 e. The number of hydrogen-bond donors (Lipinski definition) is 1. The SMILES string of the molecule is COc1ccc(C(=O)OCC(=O)Nc2ccc(C)cc2Cl)c(OC)c1OC. The number of hydrogen-bond acceptors (Lipinski definition) is 6. The second kappa shape index (κ2) is 9.14. The summed E-state index contributed by atoms with van der Waals surface area (Å²) in [4.78, 5) is 24.4. The van der Waals surface area contributed by atoms with Crippen molar-refractivity contribution in [1.29, 1.82) is 0 Å². The molecule has 0 aromatic heterocycles. The van der Waals surface area contributed by atoms with E-state index < -0.39 is 18.5 Å². The molecule has 0 aliphatic rings. The van der Waals surface area contributed by atoms with Crippen LogP contribution in [0.5, 0.6) is 17.2 Å². The minimum Gasteiger partial charge on any atom is -0.493 e. The Bertz CT molecular complexity index is 852. The minimum atomic E-state index is -0.738. The standard InChI is InChI=1S/C19H20ClNO6/c1-11-5-7-14(13(20)9-11)21-16(22)10-27-19(23)12-6-8-15(24-2)18(26-4)17(12)25-3/h5-9H,10H2,1-4H3,(H,21,22). The summed E-state index contributed by atoms with van der Waals surface area (Å²) in [7, 11) is 4.28. The van der Waals surface area contributed by atoms with Crippen molar-refractivity contribution in [3.63, 3.8) is 0 Å². The van der Waals surface area contributed by atoms with Crippen LogP contribution in [0.25, 0.3) is 0 Å². The summed E-state index contributed by atoms with van der Waals surface area (Å²) >= 11 is 6.07. The van der Waals surface area contributed by atoms with E-state index in [0.29, 0.717) is 16.5 Å². The molecule has 0 fully saturated rings. The van der Waals surface area contributed by atoms with E-state index in [1.807, 2.05) is 13.0 Å². The first-order chi connectivity index (χ1) is 12.9. The molecular formula is C19H20ClNO6. The molecule has 0 spiro atoms. The fourth-order valence-corrected chi connectivity index (χ4v) is 2.66. The van der Waals surface area contributed by atoms with Gasteiger partial charge in [0.2, 0.25) is 5.75 Å². The summed E-state index contributed by atoms with van der Waals surface area (Å²) in [6, 6.07) is 8.22. The summed E-state index contributed by atoms with van der Waals surface area (Å²) in [5, 5.41) is 2.99. The van der Waals surface area contributed by atoms with Gasteiger partial charge in [0, 0.05) is 0 Å². The zero-order chi connectivity index (χ0) is 20.0. The van der Waals surface area contributed by atoms with Crippen LogP contribution in [0, 0.1) is 6.92 Å². The molecule has 7 nitrogen and oxygen atoms in total. The molecule has 2 aromatic rings. The van der Waals surface area contributed by atoms with E-state index in [1.54, 1.807) is 18.2 Å². The fraction of sp³-hybridized carbons (Fsp3) is 0.263. The number of rotatable bonds is 7. The van der Waals surface area contributed by atoms with Crippen LogP contribution in [0.2, 0.25) is 5.02 Å². The van der Waals surface area contributed by atoms with E-state index in [-0.39, 0.29) is 17.1 Å². The molecule has 144 valence electrons. The van der Waals surface area contributed by atoms with Crippen molar-refractivity contribution in [2.24, 2.45) is 0 Å². The molecule has 0 radical (unpaired) electrons. The summed E-state index contributed by atoms with van der Waals surface area (Å²) < 4.78 is 20.7. The molecule has 0 saturated carbocycles. The Hall–Kier alpha value is -2.93. The molecule has 0 saturated heterocycles. The van der Waals surface area contributed by atoms with Crippen LogP contribution in [-0.4, -0.2) is 39.8 Å². The van der Waals surface area contributed by atoms with Crippen molar-refractivity contribution in [2.75, 3.05) is 33.3 Å². The Balaban J connectivity index is 2.08. The lowest BCUT2D eigenvalue weighted by molar-refractivity contribution is -0.119. The topological polar surface area (TPSA) is 83.1 Å². The Kier molecular flexibility index (Phi) is 6.90. The van der Waals surface area contributed by atoms with Gasteiger partial charge in [-0.15, -0.1) is 0 Å². The number of amides is 1. The molecule has 0 aliphatic carbocycles. The maximum atomic E-state index is 12.4. The van der Waals surface area contributed by atoms with Gasteiger partial charge in [0.1, 0.15) is 5.56 Å². The van der Waals surface area contributed by atoms with Crippen molar-refractivity contribution < 1.29 is 28.5 Å². The highest BCUT2D eigenvalue weighted by Crippen LogP contribution is 2.39. The van der Waals surface area contributed by atoms with Crippen LogP contribution in [-0.2, 0) is 9.53 Å². The van der Waals surface area contributed by atoms with Gasteiger partial charge in [-0.05, 0) is 36.8 Å². The van der Waals surface area contributed by atoms with E-state index in [4.69, 9.17) is 30.5 Å². The Labute approximate surface area is 162 Å². The number of aryl methyl sites for hydroxylation is 1. The summed E-state index contributed by atoms with van der Waals surface area (Å²) in [5.41, 5.74) is 1.51. The maximum Gasteiger partial charge on any atom is 0.342 e. The van der Waals surface area contributed by atoms with Gasteiger partial charge in [0.05, 0.1) is 32.0 Å². The quantitative estimate of drug-likeness (QED) is 0.725. The number of methoxy groups -OCH3 is 3. The monoisotopic (exact) mass is 393 g/mol. The van der Waals surface area contributed by atoms with Crippen LogP contribution in [0.3, 0.4) is 0 Å². The number of anilines is 1. The van der Waals surface area contributed by atoms with Gasteiger partial charge in [-0.25, -0.2) is 4.79 Å². The van der Waals surface area contributed by atoms with E-state index in [1.165, 1.54) is 27.4 Å². The molecular weight excluding hydrogens is 374 g/mol. The highest BCUT2D eigenvalue weighted by Gasteiger charge is 2.22. The van der Waals surface area contributed by atoms with E-state index in [0.717, 1.165) is 5.56 Å². The number of benzene rings is 2. The summed E-state index contributed by atoms with van der Waals surface area (Å²) in [6.45, 7) is 1.40. The number of carbonyl (C=O) groups is 2. The molecule has 27 heavy (non-hydrogen) atoms. The van der Waals surface area contributed by atoms with Gasteiger partial charge in [-0.2, -0.15) is 0 Å². The molecule has 8 heteroatoms. The zero-order valence-electron chi connectivity index (χ0n) is 15.4. The summed E-state index contributed by atoms with van der Waals surface area (Å²) in [5.74, 6) is -0.446. The third kappa shape index (κ3) is 4.83. The highest BCUT2D eigenvalue weighted by atomic mass is 35.5. The van der Waals surface area contributed by atoms with Crippen LogP contribution in [0.15, 0.2) is 30.3 Å². The fourth-order valence-electron chi connectivity index (χ4n) is 2.38. The van der Waals surface area contributed by atoms with Crippen molar-refractivity contribution in [3.8, 4) is 17.2 Å². The Morgan fingerprint density at radius 1 is 1.00 bits per heavy atom. The molecule has 1 amide bonds. The van der Waals surface area contributed by atoms with Gasteiger partial charge >= 0.3 is 5.97 Å².